The Kier molecular flexibility index (Phi) is 13.8. The van der Waals surface area contributed by atoms with Crippen molar-refractivity contribution in [1.29, 1.82) is 0 Å². The Morgan fingerprint density at radius 2 is 1.13 bits per heavy atom. The molecule has 2 aromatic carbocycles. The van der Waals surface area contributed by atoms with Gasteiger partial charge in [0.2, 0.25) is 0 Å². The van der Waals surface area contributed by atoms with Crippen molar-refractivity contribution in [2.45, 2.75) is 103 Å². The van der Waals surface area contributed by atoms with Crippen LogP contribution in [0.5, 0.6) is 0 Å². The smallest absolute Gasteiger partial charge is 0.295 e. The molecule has 212 valence electrons. The Morgan fingerprint density at radius 1 is 0.692 bits per heavy atom. The van der Waals surface area contributed by atoms with Crippen LogP contribution in [0.3, 0.4) is 0 Å². The summed E-state index contributed by atoms with van der Waals surface area (Å²) in [5.41, 5.74) is 1.51. The van der Waals surface area contributed by atoms with Crippen LogP contribution in [0.15, 0.2) is 63.0 Å². The van der Waals surface area contributed by atoms with Crippen LogP contribution in [0.25, 0.3) is 5.76 Å². The Morgan fingerprint density at radius 3 is 1.62 bits per heavy atom. The maximum atomic E-state index is 13.2. The van der Waals surface area contributed by atoms with Gasteiger partial charge in [-0.05, 0) is 36.2 Å². The van der Waals surface area contributed by atoms with E-state index in [9.17, 15) is 14.7 Å². The maximum Gasteiger partial charge on any atom is 0.295 e. The number of ketones is 1. The number of Topliss-reactive ketones (excluding diaryl/α,β-unsaturated/α-hetero) is 1. The van der Waals surface area contributed by atoms with Gasteiger partial charge in [0, 0.05) is 21.1 Å². The molecule has 0 aliphatic carbocycles. The highest BCUT2D eigenvalue weighted by Gasteiger charge is 2.45. The van der Waals surface area contributed by atoms with Gasteiger partial charge in [0.1, 0.15) is 5.76 Å². The van der Waals surface area contributed by atoms with Gasteiger partial charge in [-0.25, -0.2) is 0 Å². The van der Waals surface area contributed by atoms with Crippen LogP contribution in [0, 0.1) is 0 Å². The summed E-state index contributed by atoms with van der Waals surface area (Å²) in [5.74, 6) is -1.28. The molecule has 0 saturated carbocycles. The van der Waals surface area contributed by atoms with Crippen LogP contribution in [-0.4, -0.2) is 28.2 Å². The van der Waals surface area contributed by atoms with E-state index in [4.69, 9.17) is 0 Å². The summed E-state index contributed by atoms with van der Waals surface area (Å²) >= 11 is 6.87. The van der Waals surface area contributed by atoms with Crippen LogP contribution in [-0.2, 0) is 9.59 Å². The first-order valence-corrected chi connectivity index (χ1v) is 16.3. The minimum atomic E-state index is -0.617. The molecular formula is C33H43Br2NO3. The van der Waals surface area contributed by atoms with Crippen molar-refractivity contribution in [3.8, 4) is 0 Å². The van der Waals surface area contributed by atoms with E-state index in [1.807, 2.05) is 36.4 Å². The van der Waals surface area contributed by atoms with Crippen LogP contribution in [0.2, 0.25) is 0 Å². The lowest BCUT2D eigenvalue weighted by Gasteiger charge is -2.25. The molecule has 1 N–H and O–H groups in total. The fraction of sp³-hybridized carbons (Fsp3) is 0.515. The van der Waals surface area contributed by atoms with Crippen LogP contribution in [0.1, 0.15) is 114 Å². The van der Waals surface area contributed by atoms with Gasteiger partial charge in [0.25, 0.3) is 11.7 Å². The molecular weight excluding hydrogens is 618 g/mol. The highest BCUT2D eigenvalue weighted by atomic mass is 79.9. The first-order valence-electron chi connectivity index (χ1n) is 14.7. The third-order valence-corrected chi connectivity index (χ3v) is 8.65. The predicted octanol–water partition coefficient (Wildman–Crippen LogP) is 10.1. The van der Waals surface area contributed by atoms with Crippen molar-refractivity contribution < 1.29 is 14.7 Å². The molecule has 6 heteroatoms. The zero-order valence-electron chi connectivity index (χ0n) is 23.3. The number of aliphatic hydroxyl groups is 1. The van der Waals surface area contributed by atoms with Crippen molar-refractivity contribution in [3.05, 3.63) is 74.2 Å². The van der Waals surface area contributed by atoms with Crippen molar-refractivity contribution in [3.63, 3.8) is 0 Å². The molecule has 1 saturated heterocycles. The molecule has 1 aliphatic heterocycles. The molecule has 1 amide bonds. The van der Waals surface area contributed by atoms with Gasteiger partial charge in [-0.2, -0.15) is 0 Å². The second kappa shape index (κ2) is 17.0. The zero-order chi connectivity index (χ0) is 28.0. The van der Waals surface area contributed by atoms with E-state index in [0.717, 1.165) is 33.8 Å². The van der Waals surface area contributed by atoms with Crippen molar-refractivity contribution in [2.75, 3.05) is 6.54 Å². The largest absolute Gasteiger partial charge is 0.507 e. The average molecular weight is 662 g/mol. The quantitative estimate of drug-likeness (QED) is 0.0795. The molecule has 3 rings (SSSR count). The summed E-state index contributed by atoms with van der Waals surface area (Å²) in [6, 6.07) is 14.2. The summed E-state index contributed by atoms with van der Waals surface area (Å²) in [5, 5.41) is 11.2. The monoisotopic (exact) mass is 659 g/mol. The number of carbonyl (C=O) groups is 2. The normalized spacial score (nSPS) is 16.8. The standard InChI is InChI=1S/C33H43Br2NO3/c1-2-3-4-5-6-7-8-9-10-11-12-13-14-15-24-36-30(25-16-20-27(34)21-17-25)29(32(38)33(36)39)31(37)26-18-22-28(35)23-19-26/h16-23,30,37H,2-15,24H2,1H3/t30-/m0/s1. The molecule has 1 heterocycles. The number of unbranched alkanes of at least 4 members (excludes halogenated alkanes) is 13. The van der Waals surface area contributed by atoms with Gasteiger partial charge in [-0.3, -0.25) is 9.59 Å². The number of carbonyl (C=O) groups excluding carboxylic acids is 2. The number of amides is 1. The Labute approximate surface area is 251 Å². The lowest BCUT2D eigenvalue weighted by Crippen LogP contribution is -2.30. The van der Waals surface area contributed by atoms with Crippen LogP contribution >= 0.6 is 31.9 Å². The first-order chi connectivity index (χ1) is 18.9. The first kappa shape index (κ1) is 31.6. The number of halogens is 2. The molecule has 0 bridgehead atoms. The van der Waals surface area contributed by atoms with Gasteiger partial charge in [-0.1, -0.05) is 147 Å². The highest BCUT2D eigenvalue weighted by molar-refractivity contribution is 9.10. The number of aliphatic hydroxyl groups excluding tert-OH is 1. The molecule has 1 fully saturated rings. The summed E-state index contributed by atoms with van der Waals surface area (Å²) in [6.45, 7) is 2.76. The predicted molar refractivity (Wildman–Crippen MR) is 168 cm³/mol. The van der Waals surface area contributed by atoms with Crippen molar-refractivity contribution >= 4 is 49.3 Å². The SMILES string of the molecule is CCCCCCCCCCCCCCCCN1C(=O)C(=O)C(=C(O)c2ccc(Br)cc2)[C@@H]1c1ccc(Br)cc1. The summed E-state index contributed by atoms with van der Waals surface area (Å²) in [6.07, 6.45) is 17.7. The molecule has 0 aromatic heterocycles. The number of rotatable bonds is 17. The lowest BCUT2D eigenvalue weighted by atomic mass is 9.95. The molecule has 4 nitrogen and oxygen atoms in total. The molecule has 2 aromatic rings. The van der Waals surface area contributed by atoms with Crippen LogP contribution in [0.4, 0.5) is 0 Å². The van der Waals surface area contributed by atoms with E-state index in [2.05, 4.69) is 38.8 Å². The third kappa shape index (κ3) is 9.60. The zero-order valence-corrected chi connectivity index (χ0v) is 26.4. The summed E-state index contributed by atoms with van der Waals surface area (Å²) in [4.78, 5) is 28.0. The van der Waals surface area contributed by atoms with E-state index in [1.165, 1.54) is 70.6 Å². The van der Waals surface area contributed by atoms with Crippen LogP contribution < -0.4 is 0 Å². The average Bonchev–Trinajstić information content (AvgIpc) is 3.18. The van der Waals surface area contributed by atoms with Gasteiger partial charge in [0.05, 0.1) is 11.6 Å². The summed E-state index contributed by atoms with van der Waals surface area (Å²) < 4.78 is 1.80. The number of hydrogen-bond donors (Lipinski definition) is 1. The van der Waals surface area contributed by atoms with E-state index >= 15 is 0 Å². The second-order valence-corrected chi connectivity index (χ2v) is 12.5. The molecule has 39 heavy (non-hydrogen) atoms. The van der Waals surface area contributed by atoms with Crippen molar-refractivity contribution in [1.82, 2.24) is 4.90 Å². The number of hydrogen-bond acceptors (Lipinski definition) is 3. The van der Waals surface area contributed by atoms with E-state index in [1.54, 1.807) is 17.0 Å². The fourth-order valence-electron chi connectivity index (χ4n) is 5.34. The minimum Gasteiger partial charge on any atom is -0.507 e. The molecule has 0 spiro atoms. The summed E-state index contributed by atoms with van der Waals surface area (Å²) in [7, 11) is 0. The number of nitrogens with zero attached hydrogens (tertiary/aromatic N) is 1. The highest BCUT2D eigenvalue weighted by Crippen LogP contribution is 2.40. The third-order valence-electron chi connectivity index (χ3n) is 7.60. The van der Waals surface area contributed by atoms with Crippen molar-refractivity contribution in [2.24, 2.45) is 0 Å². The van der Waals surface area contributed by atoms with E-state index in [-0.39, 0.29) is 11.3 Å². The number of likely N-dealkylation sites (tertiary alicyclic amines) is 1. The molecule has 1 atom stereocenters. The van der Waals surface area contributed by atoms with Gasteiger partial charge in [-0.15, -0.1) is 0 Å². The van der Waals surface area contributed by atoms with Gasteiger partial charge >= 0.3 is 0 Å². The lowest BCUT2D eigenvalue weighted by molar-refractivity contribution is -0.139. The maximum absolute atomic E-state index is 13.2. The second-order valence-electron chi connectivity index (χ2n) is 10.6. The molecule has 1 aliphatic rings. The fourth-order valence-corrected chi connectivity index (χ4v) is 5.87. The Hall–Kier alpha value is -1.92. The molecule has 0 unspecified atom stereocenters. The Bertz CT molecular complexity index is 1080. The van der Waals surface area contributed by atoms with E-state index in [0.29, 0.717) is 12.1 Å². The van der Waals surface area contributed by atoms with Gasteiger partial charge in [0.15, 0.2) is 0 Å². The van der Waals surface area contributed by atoms with Gasteiger partial charge < -0.3 is 10.0 Å². The minimum absolute atomic E-state index is 0.128. The molecule has 0 radical (unpaired) electrons. The van der Waals surface area contributed by atoms with E-state index < -0.39 is 17.7 Å². The topological polar surface area (TPSA) is 57.6 Å². The Balaban J connectivity index is 1.52. The number of benzene rings is 2.